The van der Waals surface area contributed by atoms with Gasteiger partial charge in [-0.3, -0.25) is 38.8 Å². The Balaban J connectivity index is 0.000000168. The minimum Gasteiger partial charge on any atom is -0.512 e. The maximum atomic E-state index is 10.0. The van der Waals surface area contributed by atoms with Crippen molar-refractivity contribution in [3.8, 4) is 141 Å². The number of aliphatic hydroxyl groups is 1. The van der Waals surface area contributed by atoms with E-state index in [9.17, 15) is 4.79 Å². The molecule has 0 bridgehead atoms. The monoisotopic (exact) mass is 2480 g/mol. The van der Waals surface area contributed by atoms with Crippen molar-refractivity contribution in [1.82, 2.24) is 49.3 Å². The molecule has 13 aromatic carbocycles. The molecule has 4 aromatic heterocycles. The van der Waals surface area contributed by atoms with E-state index in [1.807, 2.05) is 41.1 Å². The van der Waals surface area contributed by atoms with Gasteiger partial charge in [0.2, 0.25) is 0 Å². The van der Waals surface area contributed by atoms with Gasteiger partial charge in [-0.1, -0.05) is 274 Å². The summed E-state index contributed by atoms with van der Waals surface area (Å²) < 4.78 is 6.37. The molecular formula is C132H139N10O2Pt3-3. The maximum Gasteiger partial charge on any atom is 0.172 e. The number of nitrogens with zero attached hydrogens (tertiary/aromatic N) is 10. The van der Waals surface area contributed by atoms with E-state index in [4.69, 9.17) is 35.4 Å². The average Bonchev–Trinajstić information content (AvgIpc) is 1.67. The van der Waals surface area contributed by atoms with Gasteiger partial charge in [0.1, 0.15) is 0 Å². The molecule has 0 amide bonds. The van der Waals surface area contributed by atoms with Crippen LogP contribution in [-0.2, 0) is 73.4 Å². The number of carbonyl (C=O) groups is 1. The molecule has 17 aromatic rings. The third-order valence-corrected chi connectivity index (χ3v) is 28.7. The standard InChI is InChI=1S/C49H40N3.C39H47N4.C39H44N3.C5H8O2.3Pt/c1-32-22-33(2)26-46(25-32)48-50-49(52(51-48)47-35(4)23-34(3)24-36(47)5)42-21-13-19-40(28-42)39-18-12-20-41(27-39)45-30-43(37-14-8-6-9-15-37)29-44(31-45)38-16-10-7-11-17-38;1-27-23-34(24-28(2)40-27)38-41-39(32-21-13-6-14-22-32)43(42-38)37-35(30-17-9-4-10-18-30)25-33(29-15-7-3-8-16-29)26-36(37)31-19-11-5-12-20-31;1-24(2)33-22-31(29-16-18-32(19-17-29)39(8,9)10)23-34(25(3)4)36(33)42-38(30-14-12-11-13-15-30)40-37(41-42)35-27(6)20-26(5)21-28(35)7;1-4(6)3-5(2)7;;;/h6-20,22-31H,1-5H3;6,13-14,21,23-26,29-31H,3-5,7-12,15-20H2,1-2H3;11-14,16-25H,1-10H3;3,6H,1-2H3;;;/q3*-1;;;;. The molecule has 15 heteroatoms. The second-order valence-electron chi connectivity index (χ2n) is 42.3. The third kappa shape index (κ3) is 26.5. The van der Waals surface area contributed by atoms with Crippen LogP contribution < -0.4 is 0 Å². The fourth-order valence-corrected chi connectivity index (χ4v) is 22.0. The summed E-state index contributed by atoms with van der Waals surface area (Å²) in [5, 5.41) is 24.2. The summed E-state index contributed by atoms with van der Waals surface area (Å²) in [5.74, 6) is 7.10. The molecule has 0 atom stereocenters. The summed E-state index contributed by atoms with van der Waals surface area (Å²) in [7, 11) is 0. The van der Waals surface area contributed by atoms with Gasteiger partial charge in [0.25, 0.3) is 0 Å². The first-order valence-corrected chi connectivity index (χ1v) is 52.2. The molecule has 3 aliphatic rings. The first-order chi connectivity index (χ1) is 69.4. The van der Waals surface area contributed by atoms with Gasteiger partial charge in [0, 0.05) is 97.4 Å². The number of hydrogen-bond donors (Lipinski definition) is 1. The number of benzene rings is 13. The minimum atomic E-state index is -0.125. The Kier molecular flexibility index (Phi) is 37.3. The molecule has 147 heavy (non-hydrogen) atoms. The van der Waals surface area contributed by atoms with Crippen molar-refractivity contribution in [1.29, 1.82) is 0 Å². The number of hydrogen-bond acceptors (Lipinski definition) is 9. The SMILES string of the molecule is CC(=O)C=C(C)O.Cc1cc(-c2nc(-c3[c-]cccc3)n(-c3c(C4CCCCC4)cc(C4CCCCC4)cc3C3CCCCC3)n2)cc(C)n1.Cc1cc(C)c(-c2nc(-c3[c-]cccc3)n(-c3c(C(C)C)cc(-c4ccc(C(C)(C)C)cc4)cc3C(C)C)n2)c(C)c1.Cc1cc(C)cc(-c2nc(-c3[c-]ccc(-c4cccc(-c5cc(-c6ccccc6)cc(-c6ccccc6)c5)c4)c3)n(-c3c(C)cc(C)cc3C)n2)c1.[Pt].[Pt].[Pt]. The number of aryl methyl sites for hydroxylation is 10. The van der Waals surface area contributed by atoms with Crippen LogP contribution in [0.15, 0.2) is 285 Å². The molecular weight excluding hydrogens is 2340 g/mol. The van der Waals surface area contributed by atoms with Crippen molar-refractivity contribution in [3.05, 3.63) is 392 Å². The number of rotatable bonds is 20. The second-order valence-corrected chi connectivity index (χ2v) is 42.3. The molecule has 3 saturated carbocycles. The molecule has 0 aliphatic heterocycles. The van der Waals surface area contributed by atoms with Crippen LogP contribution in [0, 0.1) is 87.4 Å². The van der Waals surface area contributed by atoms with Crippen molar-refractivity contribution in [2.45, 2.75) is 263 Å². The zero-order chi connectivity index (χ0) is 101. The van der Waals surface area contributed by atoms with Gasteiger partial charge in [-0.15, -0.1) is 107 Å². The summed E-state index contributed by atoms with van der Waals surface area (Å²) in [5.41, 5.74) is 41.6. The van der Waals surface area contributed by atoms with Crippen molar-refractivity contribution >= 4 is 5.78 Å². The first-order valence-electron chi connectivity index (χ1n) is 52.2. The topological polar surface area (TPSA) is 142 Å². The van der Waals surface area contributed by atoms with Crippen LogP contribution >= 0.6 is 0 Å². The fraction of sp³-hybridized carbons (Fsp3) is 0.303. The van der Waals surface area contributed by atoms with Gasteiger partial charge in [-0.05, 0) is 323 Å². The summed E-state index contributed by atoms with van der Waals surface area (Å²) in [6.45, 7) is 40.0. The largest absolute Gasteiger partial charge is 0.512 e. The summed E-state index contributed by atoms with van der Waals surface area (Å²) >= 11 is 0. The number of allylic oxidation sites excluding steroid dienone is 2. The van der Waals surface area contributed by atoms with Crippen molar-refractivity contribution in [2.75, 3.05) is 0 Å². The minimum absolute atomic E-state index is 0. The number of aliphatic hydroxyl groups excluding tert-OH is 1. The molecule has 1 N–H and O–H groups in total. The van der Waals surface area contributed by atoms with Crippen LogP contribution in [-0.4, -0.2) is 60.2 Å². The van der Waals surface area contributed by atoms with E-state index in [-0.39, 0.29) is 92.0 Å². The zero-order valence-electron chi connectivity index (χ0n) is 88.8. The third-order valence-electron chi connectivity index (χ3n) is 28.7. The van der Waals surface area contributed by atoms with E-state index in [2.05, 4.69) is 387 Å². The Hall–Kier alpha value is -12.3. The van der Waals surface area contributed by atoms with E-state index >= 15 is 0 Å². The van der Waals surface area contributed by atoms with Crippen LogP contribution in [0.1, 0.15) is 277 Å². The Labute approximate surface area is 916 Å². The fourth-order valence-electron chi connectivity index (χ4n) is 22.0. The van der Waals surface area contributed by atoms with Crippen LogP contribution in [0.25, 0.3) is 141 Å². The first kappa shape index (κ1) is 110. The summed E-state index contributed by atoms with van der Waals surface area (Å²) in [4.78, 5) is 30.4. The number of carbonyl (C=O) groups excluding carboxylic acids is 1. The van der Waals surface area contributed by atoms with Crippen molar-refractivity contribution < 1.29 is 73.1 Å². The Morgan fingerprint density at radius 3 is 1.16 bits per heavy atom. The van der Waals surface area contributed by atoms with Crippen LogP contribution in [0.3, 0.4) is 0 Å². The predicted molar refractivity (Wildman–Crippen MR) is 597 cm³/mol. The van der Waals surface area contributed by atoms with Crippen LogP contribution in [0.2, 0.25) is 0 Å². The Morgan fingerprint density at radius 1 is 0.340 bits per heavy atom. The van der Waals surface area contributed by atoms with E-state index in [1.165, 1.54) is 211 Å². The van der Waals surface area contributed by atoms with Gasteiger partial charge >= 0.3 is 0 Å². The van der Waals surface area contributed by atoms with E-state index < -0.39 is 0 Å². The van der Waals surface area contributed by atoms with Crippen LogP contribution in [0.5, 0.6) is 0 Å². The van der Waals surface area contributed by atoms with E-state index in [1.54, 1.807) is 16.7 Å². The Bertz CT molecular complexity index is 7240. The van der Waals surface area contributed by atoms with Gasteiger partial charge in [0.05, 0.1) is 40.3 Å². The number of aromatic nitrogens is 10. The molecule has 0 saturated heterocycles. The summed E-state index contributed by atoms with van der Waals surface area (Å²) in [6.07, 6.45) is 21.1. The smallest absolute Gasteiger partial charge is 0.172 e. The number of pyridine rings is 1. The van der Waals surface area contributed by atoms with Gasteiger partial charge in [0.15, 0.2) is 23.3 Å². The van der Waals surface area contributed by atoms with Crippen LogP contribution in [0.4, 0.5) is 0 Å². The van der Waals surface area contributed by atoms with Gasteiger partial charge in [-0.25, -0.2) is 0 Å². The Morgan fingerprint density at radius 2 is 0.714 bits per heavy atom. The molecule has 20 rings (SSSR count). The number of ketones is 1. The quantitative estimate of drug-likeness (QED) is 0.0448. The molecule has 3 aliphatic carbocycles. The molecule has 4 heterocycles. The van der Waals surface area contributed by atoms with E-state index in [0.717, 1.165) is 113 Å². The second kappa shape index (κ2) is 49.7. The summed E-state index contributed by atoms with van der Waals surface area (Å²) in [6, 6.07) is 109. The maximum absolute atomic E-state index is 10.0. The van der Waals surface area contributed by atoms with E-state index in [0.29, 0.717) is 23.6 Å². The normalized spacial score (nSPS) is 13.5. The van der Waals surface area contributed by atoms with Crippen molar-refractivity contribution in [3.63, 3.8) is 0 Å². The molecule has 762 valence electrons. The van der Waals surface area contributed by atoms with Gasteiger partial charge < -0.3 is 5.11 Å². The van der Waals surface area contributed by atoms with Gasteiger partial charge in [-0.2, -0.15) is 15.3 Å². The molecule has 0 radical (unpaired) electrons. The molecule has 0 spiro atoms. The zero-order valence-corrected chi connectivity index (χ0v) is 95.6. The molecule has 12 nitrogen and oxygen atoms in total. The molecule has 3 fully saturated rings. The van der Waals surface area contributed by atoms with Crippen molar-refractivity contribution in [2.24, 2.45) is 0 Å². The molecule has 0 unspecified atom stereocenters. The average molecular weight is 2480 g/mol. The predicted octanol–water partition coefficient (Wildman–Crippen LogP) is 34.7.